The maximum Gasteiger partial charge on any atom is 0.167 e. The fourth-order valence-corrected chi connectivity index (χ4v) is 1.48. The molecule has 0 heterocycles. The third kappa shape index (κ3) is 2.71. The van der Waals surface area contributed by atoms with Gasteiger partial charge in [0, 0.05) is 16.8 Å². The van der Waals surface area contributed by atoms with E-state index >= 15 is 0 Å². The van der Waals surface area contributed by atoms with Gasteiger partial charge in [0.2, 0.25) is 0 Å². The summed E-state index contributed by atoms with van der Waals surface area (Å²) in [5, 5.41) is 10.4. The molecule has 2 nitrogen and oxygen atoms in total. The Morgan fingerprint density at radius 3 is 2.85 bits per heavy atom. The molecule has 0 aliphatic rings. The van der Waals surface area contributed by atoms with Crippen LogP contribution in [0.2, 0.25) is 5.02 Å². The largest absolute Gasteiger partial charge is 0.507 e. The summed E-state index contributed by atoms with van der Waals surface area (Å²) in [7, 11) is 0. The molecule has 1 aromatic carbocycles. The van der Waals surface area contributed by atoms with Crippen molar-refractivity contribution in [2.75, 3.05) is 5.33 Å². The highest BCUT2D eigenvalue weighted by atomic mass is 79.9. The predicted molar refractivity (Wildman–Crippen MR) is 55.9 cm³/mol. The fourth-order valence-electron chi connectivity index (χ4n) is 0.952. The van der Waals surface area contributed by atoms with Gasteiger partial charge in [-0.25, -0.2) is 0 Å². The minimum Gasteiger partial charge on any atom is -0.507 e. The van der Waals surface area contributed by atoms with Gasteiger partial charge in [-0.1, -0.05) is 27.5 Å². The van der Waals surface area contributed by atoms with E-state index in [-0.39, 0.29) is 17.1 Å². The molecule has 0 unspecified atom stereocenters. The summed E-state index contributed by atoms with van der Waals surface area (Å²) >= 11 is 8.84. The van der Waals surface area contributed by atoms with E-state index in [1.165, 1.54) is 12.1 Å². The van der Waals surface area contributed by atoms with Crippen molar-refractivity contribution in [2.24, 2.45) is 0 Å². The maximum absolute atomic E-state index is 11.4. The van der Waals surface area contributed by atoms with Gasteiger partial charge >= 0.3 is 0 Å². The van der Waals surface area contributed by atoms with Crippen LogP contribution >= 0.6 is 27.5 Å². The second-order valence-corrected chi connectivity index (χ2v) is 3.75. The lowest BCUT2D eigenvalue weighted by molar-refractivity contribution is 0.0987. The van der Waals surface area contributed by atoms with Crippen LogP contribution in [0.15, 0.2) is 18.2 Å². The first kappa shape index (κ1) is 10.5. The minimum atomic E-state index is -0.114. The highest BCUT2D eigenvalue weighted by Gasteiger charge is 2.10. The van der Waals surface area contributed by atoms with E-state index in [2.05, 4.69) is 15.9 Å². The third-order valence-corrected chi connectivity index (χ3v) is 2.21. The highest BCUT2D eigenvalue weighted by Crippen LogP contribution is 2.22. The molecule has 1 N–H and O–H groups in total. The lowest BCUT2D eigenvalue weighted by Gasteiger charge is -2.02. The predicted octanol–water partition coefficient (Wildman–Crippen LogP) is 3.01. The number of alkyl halides is 1. The first-order chi connectivity index (χ1) is 6.15. The standard InChI is InChI=1S/C9H8BrClO2/c10-4-3-9(13)7-5-6(11)1-2-8(7)12/h1-2,5,12H,3-4H2. The van der Waals surface area contributed by atoms with Crippen molar-refractivity contribution < 1.29 is 9.90 Å². The molecule has 0 saturated heterocycles. The number of Topliss-reactive ketones (excluding diaryl/α,β-unsaturated/α-hetero) is 1. The number of hydrogen-bond acceptors (Lipinski definition) is 2. The zero-order valence-corrected chi connectivity index (χ0v) is 9.10. The van der Waals surface area contributed by atoms with Crippen molar-refractivity contribution in [3.05, 3.63) is 28.8 Å². The van der Waals surface area contributed by atoms with Gasteiger partial charge < -0.3 is 5.11 Å². The number of benzene rings is 1. The Morgan fingerprint density at radius 2 is 2.23 bits per heavy atom. The molecule has 4 heteroatoms. The summed E-state index contributed by atoms with van der Waals surface area (Å²) in [5.74, 6) is -0.132. The fraction of sp³-hybridized carbons (Fsp3) is 0.222. The molecule has 0 aliphatic carbocycles. The summed E-state index contributed by atoms with van der Waals surface area (Å²) in [6.45, 7) is 0. The van der Waals surface area contributed by atoms with E-state index < -0.39 is 0 Å². The van der Waals surface area contributed by atoms with Crippen LogP contribution in [-0.2, 0) is 0 Å². The lowest BCUT2D eigenvalue weighted by atomic mass is 10.1. The van der Waals surface area contributed by atoms with Gasteiger partial charge in [0.25, 0.3) is 0 Å². The van der Waals surface area contributed by atoms with Crippen molar-refractivity contribution >= 4 is 33.3 Å². The number of phenols is 1. The summed E-state index contributed by atoms with van der Waals surface area (Å²) in [4.78, 5) is 11.4. The van der Waals surface area contributed by atoms with Gasteiger partial charge in [-0.3, -0.25) is 4.79 Å². The van der Waals surface area contributed by atoms with E-state index in [1.54, 1.807) is 6.07 Å². The molecule has 1 rings (SSSR count). The quantitative estimate of drug-likeness (QED) is 0.672. The zero-order valence-electron chi connectivity index (χ0n) is 6.76. The van der Waals surface area contributed by atoms with Crippen LogP contribution in [0.25, 0.3) is 0 Å². The molecule has 0 fully saturated rings. The molecule has 0 saturated carbocycles. The molecular formula is C9H8BrClO2. The smallest absolute Gasteiger partial charge is 0.167 e. The van der Waals surface area contributed by atoms with Gasteiger partial charge in [-0.15, -0.1) is 0 Å². The average molecular weight is 264 g/mol. The first-order valence-corrected chi connectivity index (χ1v) is 5.22. The minimum absolute atomic E-state index is 0.0182. The van der Waals surface area contributed by atoms with Crippen LogP contribution in [0.1, 0.15) is 16.8 Å². The molecule has 0 radical (unpaired) electrons. The topological polar surface area (TPSA) is 37.3 Å². The van der Waals surface area contributed by atoms with Crippen LogP contribution in [-0.4, -0.2) is 16.2 Å². The van der Waals surface area contributed by atoms with Gasteiger partial charge in [0.05, 0.1) is 5.56 Å². The Kier molecular flexibility index (Phi) is 3.75. The zero-order chi connectivity index (χ0) is 9.84. The van der Waals surface area contributed by atoms with Crippen LogP contribution in [0.3, 0.4) is 0 Å². The number of aromatic hydroxyl groups is 1. The van der Waals surface area contributed by atoms with Crippen LogP contribution in [0.5, 0.6) is 5.75 Å². The second-order valence-electron chi connectivity index (χ2n) is 2.52. The van der Waals surface area contributed by atoms with Gasteiger partial charge in [0.1, 0.15) is 5.75 Å². The molecule has 13 heavy (non-hydrogen) atoms. The van der Waals surface area contributed by atoms with Gasteiger partial charge in [-0.05, 0) is 18.2 Å². The highest BCUT2D eigenvalue weighted by molar-refractivity contribution is 9.09. The van der Waals surface area contributed by atoms with Crippen molar-refractivity contribution in [3.8, 4) is 5.75 Å². The van der Waals surface area contributed by atoms with Crippen molar-refractivity contribution in [1.29, 1.82) is 0 Å². The summed E-state index contributed by atoms with van der Waals surface area (Å²) < 4.78 is 0. The second kappa shape index (κ2) is 4.63. The summed E-state index contributed by atoms with van der Waals surface area (Å²) in [6.07, 6.45) is 0.355. The van der Waals surface area contributed by atoms with Gasteiger partial charge in [0.15, 0.2) is 5.78 Å². The Morgan fingerprint density at radius 1 is 1.54 bits per heavy atom. The van der Waals surface area contributed by atoms with Crippen LogP contribution < -0.4 is 0 Å². The molecule has 0 bridgehead atoms. The number of ketones is 1. The van der Waals surface area contributed by atoms with Crippen molar-refractivity contribution in [3.63, 3.8) is 0 Å². The van der Waals surface area contributed by atoms with Crippen LogP contribution in [0, 0.1) is 0 Å². The van der Waals surface area contributed by atoms with Crippen LogP contribution in [0.4, 0.5) is 0 Å². The SMILES string of the molecule is O=C(CCBr)c1cc(Cl)ccc1O. The molecule has 70 valence electrons. The summed E-state index contributed by atoms with van der Waals surface area (Å²) in [5.41, 5.74) is 0.284. The third-order valence-electron chi connectivity index (χ3n) is 1.58. The number of phenolic OH excluding ortho intramolecular Hbond substituents is 1. The number of hydrogen-bond donors (Lipinski definition) is 1. The van der Waals surface area contributed by atoms with E-state index in [4.69, 9.17) is 11.6 Å². The Bertz CT molecular complexity index is 325. The lowest BCUT2D eigenvalue weighted by Crippen LogP contribution is -1.99. The van der Waals surface area contributed by atoms with E-state index in [1.807, 2.05) is 0 Å². The number of carbonyl (C=O) groups is 1. The first-order valence-electron chi connectivity index (χ1n) is 3.73. The van der Waals surface area contributed by atoms with E-state index in [9.17, 15) is 9.90 Å². The normalized spacial score (nSPS) is 10.0. The number of carbonyl (C=O) groups excluding carboxylic acids is 1. The molecule has 0 atom stereocenters. The van der Waals surface area contributed by atoms with Crippen molar-refractivity contribution in [2.45, 2.75) is 6.42 Å². The maximum atomic E-state index is 11.4. The summed E-state index contributed by atoms with van der Waals surface area (Å²) in [6, 6.07) is 4.44. The molecule has 1 aromatic rings. The molecular weight excluding hydrogens is 255 g/mol. The molecule has 0 aromatic heterocycles. The Labute approximate surface area is 89.7 Å². The number of rotatable bonds is 3. The monoisotopic (exact) mass is 262 g/mol. The van der Waals surface area contributed by atoms with Gasteiger partial charge in [-0.2, -0.15) is 0 Å². The Hall–Kier alpha value is -0.540. The van der Waals surface area contributed by atoms with E-state index in [0.717, 1.165) is 0 Å². The molecule has 0 aliphatic heterocycles. The molecule has 0 spiro atoms. The average Bonchev–Trinajstić information content (AvgIpc) is 2.09. The van der Waals surface area contributed by atoms with Crippen molar-refractivity contribution in [1.82, 2.24) is 0 Å². The van der Waals surface area contributed by atoms with E-state index in [0.29, 0.717) is 16.8 Å². The number of halogens is 2. The Balaban J connectivity index is 2.99. The molecule has 0 amide bonds.